The fourth-order valence-corrected chi connectivity index (χ4v) is 2.44. The van der Waals surface area contributed by atoms with Gasteiger partial charge in [0.25, 0.3) is 0 Å². The number of aromatic nitrogens is 3. The maximum Gasteiger partial charge on any atom is 0.315 e. The number of fused-ring (bicyclic) bond motifs is 1. The first-order valence-corrected chi connectivity index (χ1v) is 8.17. The molecule has 7 nitrogen and oxygen atoms in total. The van der Waals surface area contributed by atoms with Gasteiger partial charge in [-0.3, -0.25) is 4.40 Å². The van der Waals surface area contributed by atoms with Crippen LogP contribution < -0.4 is 15.4 Å². The number of urea groups is 1. The van der Waals surface area contributed by atoms with Crippen LogP contribution in [0.15, 0.2) is 48.7 Å². The molecular formula is C18H21N5O2. The van der Waals surface area contributed by atoms with Crippen molar-refractivity contribution in [3.8, 4) is 5.75 Å². The molecule has 25 heavy (non-hydrogen) atoms. The molecule has 2 N–H and O–H groups in total. The van der Waals surface area contributed by atoms with Crippen LogP contribution in [0.2, 0.25) is 0 Å². The van der Waals surface area contributed by atoms with E-state index < -0.39 is 0 Å². The highest BCUT2D eigenvalue weighted by Crippen LogP contribution is 2.12. The van der Waals surface area contributed by atoms with E-state index in [1.807, 2.05) is 66.9 Å². The zero-order valence-corrected chi connectivity index (χ0v) is 14.3. The Bertz CT molecular complexity index is 844. The quantitative estimate of drug-likeness (QED) is 0.676. The number of nitrogens with zero attached hydrogens (tertiary/aromatic N) is 3. The molecule has 0 spiro atoms. The van der Waals surface area contributed by atoms with E-state index in [4.69, 9.17) is 4.74 Å². The van der Waals surface area contributed by atoms with Crippen LogP contribution in [0.1, 0.15) is 24.4 Å². The molecule has 1 atom stereocenters. The van der Waals surface area contributed by atoms with Gasteiger partial charge in [0.2, 0.25) is 0 Å². The predicted octanol–water partition coefficient (Wildman–Crippen LogP) is 2.48. The summed E-state index contributed by atoms with van der Waals surface area (Å²) in [7, 11) is 0. The van der Waals surface area contributed by atoms with Gasteiger partial charge in [-0.25, -0.2) is 4.79 Å². The van der Waals surface area contributed by atoms with Crippen LogP contribution in [0.25, 0.3) is 5.65 Å². The highest BCUT2D eigenvalue weighted by Gasteiger charge is 2.15. The number of amides is 2. The molecule has 0 aliphatic heterocycles. The van der Waals surface area contributed by atoms with Gasteiger partial charge in [-0.15, -0.1) is 10.2 Å². The van der Waals surface area contributed by atoms with E-state index in [9.17, 15) is 4.79 Å². The van der Waals surface area contributed by atoms with E-state index >= 15 is 0 Å². The van der Waals surface area contributed by atoms with Gasteiger partial charge in [-0.1, -0.05) is 23.8 Å². The summed E-state index contributed by atoms with van der Waals surface area (Å²) in [6, 6.07) is 12.9. The van der Waals surface area contributed by atoms with E-state index in [1.54, 1.807) is 0 Å². The van der Waals surface area contributed by atoms with E-state index in [-0.39, 0.29) is 12.1 Å². The molecule has 2 aromatic heterocycles. The molecule has 1 unspecified atom stereocenters. The fraction of sp³-hybridized carbons (Fsp3) is 0.278. The molecule has 1 aromatic carbocycles. The second kappa shape index (κ2) is 7.65. The summed E-state index contributed by atoms with van der Waals surface area (Å²) in [5.74, 6) is 1.47. The van der Waals surface area contributed by atoms with Crippen LogP contribution in [-0.2, 0) is 0 Å². The third kappa shape index (κ3) is 4.26. The number of nitrogens with one attached hydrogen (secondary N) is 2. The lowest BCUT2D eigenvalue weighted by Crippen LogP contribution is -2.39. The van der Waals surface area contributed by atoms with E-state index in [1.165, 1.54) is 5.56 Å². The Balaban J connectivity index is 1.45. The topological polar surface area (TPSA) is 80.5 Å². The molecule has 0 aliphatic carbocycles. The van der Waals surface area contributed by atoms with Gasteiger partial charge >= 0.3 is 6.03 Å². The molecule has 0 saturated heterocycles. The molecule has 2 heterocycles. The second-order valence-corrected chi connectivity index (χ2v) is 5.77. The predicted molar refractivity (Wildman–Crippen MR) is 94.6 cm³/mol. The third-order valence-electron chi connectivity index (χ3n) is 3.75. The first-order chi connectivity index (χ1) is 12.1. The monoisotopic (exact) mass is 339 g/mol. The van der Waals surface area contributed by atoms with Crippen molar-refractivity contribution in [2.45, 2.75) is 19.9 Å². The van der Waals surface area contributed by atoms with Crippen molar-refractivity contribution in [3.63, 3.8) is 0 Å². The minimum Gasteiger partial charge on any atom is -0.492 e. The Hall–Kier alpha value is -3.09. The van der Waals surface area contributed by atoms with Crippen LogP contribution >= 0.6 is 0 Å². The third-order valence-corrected chi connectivity index (χ3v) is 3.75. The highest BCUT2D eigenvalue weighted by atomic mass is 16.5. The van der Waals surface area contributed by atoms with E-state index in [0.717, 1.165) is 11.4 Å². The van der Waals surface area contributed by atoms with Crippen molar-refractivity contribution >= 4 is 11.7 Å². The van der Waals surface area contributed by atoms with Gasteiger partial charge < -0.3 is 15.4 Å². The summed E-state index contributed by atoms with van der Waals surface area (Å²) >= 11 is 0. The Kier molecular flexibility index (Phi) is 5.13. The molecule has 3 aromatic rings. The summed E-state index contributed by atoms with van der Waals surface area (Å²) in [5, 5.41) is 13.8. The van der Waals surface area contributed by atoms with Crippen LogP contribution in [-0.4, -0.2) is 33.8 Å². The highest BCUT2D eigenvalue weighted by molar-refractivity contribution is 5.74. The lowest BCUT2D eigenvalue weighted by Gasteiger charge is -2.13. The summed E-state index contributed by atoms with van der Waals surface area (Å²) in [4.78, 5) is 12.0. The van der Waals surface area contributed by atoms with Crippen molar-refractivity contribution in [1.29, 1.82) is 0 Å². The zero-order valence-electron chi connectivity index (χ0n) is 14.3. The van der Waals surface area contributed by atoms with Crippen LogP contribution in [0.4, 0.5) is 4.79 Å². The summed E-state index contributed by atoms with van der Waals surface area (Å²) < 4.78 is 7.43. The average Bonchev–Trinajstić information content (AvgIpc) is 3.04. The van der Waals surface area contributed by atoms with Gasteiger partial charge in [0.15, 0.2) is 11.5 Å². The van der Waals surface area contributed by atoms with E-state index in [0.29, 0.717) is 19.0 Å². The molecular weight excluding hydrogens is 318 g/mol. The van der Waals surface area contributed by atoms with Gasteiger partial charge in [0.1, 0.15) is 12.4 Å². The van der Waals surface area contributed by atoms with Gasteiger partial charge in [0.05, 0.1) is 12.6 Å². The van der Waals surface area contributed by atoms with Crippen molar-refractivity contribution in [2.75, 3.05) is 13.2 Å². The normalized spacial score (nSPS) is 11.9. The number of ether oxygens (including phenoxy) is 1. The van der Waals surface area contributed by atoms with Gasteiger partial charge in [-0.2, -0.15) is 0 Å². The minimum atomic E-state index is -0.271. The fourth-order valence-electron chi connectivity index (χ4n) is 2.44. The number of hydrogen-bond donors (Lipinski definition) is 2. The van der Waals surface area contributed by atoms with E-state index in [2.05, 4.69) is 20.8 Å². The smallest absolute Gasteiger partial charge is 0.315 e. The summed E-state index contributed by atoms with van der Waals surface area (Å²) in [5.41, 5.74) is 1.93. The first-order valence-electron chi connectivity index (χ1n) is 8.17. The SMILES string of the molecule is Cc1ccc(OCCNC(=O)NC(C)c2nnc3ccccn23)cc1. The van der Waals surface area contributed by atoms with Crippen molar-refractivity contribution in [1.82, 2.24) is 25.2 Å². The van der Waals surface area contributed by atoms with Crippen LogP contribution in [0.3, 0.4) is 0 Å². The Morgan fingerprint density at radius 3 is 2.80 bits per heavy atom. The number of pyridine rings is 1. The molecule has 0 saturated carbocycles. The number of benzene rings is 1. The minimum absolute atomic E-state index is 0.268. The van der Waals surface area contributed by atoms with Crippen molar-refractivity contribution in [2.24, 2.45) is 0 Å². The molecule has 0 aliphatic rings. The lowest BCUT2D eigenvalue weighted by atomic mass is 10.2. The molecule has 2 amide bonds. The maximum absolute atomic E-state index is 12.0. The maximum atomic E-state index is 12.0. The number of carbonyl (C=O) groups is 1. The molecule has 0 radical (unpaired) electrons. The number of hydrogen-bond acceptors (Lipinski definition) is 4. The van der Waals surface area contributed by atoms with Crippen LogP contribution in [0.5, 0.6) is 5.75 Å². The Morgan fingerprint density at radius 1 is 1.20 bits per heavy atom. The summed E-state index contributed by atoms with van der Waals surface area (Å²) in [6.07, 6.45) is 1.87. The molecule has 7 heteroatoms. The standard InChI is InChI=1S/C18H21N5O2/c1-13-6-8-15(9-7-13)25-12-10-19-18(24)20-14(2)17-22-21-16-5-3-4-11-23(16)17/h3-9,11,14H,10,12H2,1-2H3,(H2,19,20,24). The Morgan fingerprint density at radius 2 is 2.00 bits per heavy atom. The number of aryl methyl sites for hydroxylation is 1. The molecule has 3 rings (SSSR count). The number of carbonyl (C=O) groups excluding carboxylic acids is 1. The molecule has 130 valence electrons. The van der Waals surface area contributed by atoms with Gasteiger partial charge in [0, 0.05) is 6.20 Å². The second-order valence-electron chi connectivity index (χ2n) is 5.77. The lowest BCUT2D eigenvalue weighted by molar-refractivity contribution is 0.233. The Labute approximate surface area is 146 Å². The average molecular weight is 339 g/mol. The van der Waals surface area contributed by atoms with Gasteiger partial charge in [-0.05, 0) is 38.1 Å². The summed E-state index contributed by atoms with van der Waals surface area (Å²) in [6.45, 7) is 4.70. The van der Waals surface area contributed by atoms with Crippen LogP contribution in [0, 0.1) is 6.92 Å². The first kappa shape index (κ1) is 16.8. The van der Waals surface area contributed by atoms with Crippen molar-refractivity contribution < 1.29 is 9.53 Å². The zero-order chi connectivity index (χ0) is 17.6. The largest absolute Gasteiger partial charge is 0.492 e. The number of rotatable bonds is 6. The molecule has 0 bridgehead atoms. The molecule has 0 fully saturated rings. The van der Waals surface area contributed by atoms with Crippen molar-refractivity contribution in [3.05, 3.63) is 60.0 Å².